The lowest BCUT2D eigenvalue weighted by atomic mass is 9.97. The van der Waals surface area contributed by atoms with E-state index in [1.165, 1.54) is 27.8 Å². The Bertz CT molecular complexity index is 768. The van der Waals surface area contributed by atoms with E-state index in [2.05, 4.69) is 95.9 Å². The van der Waals surface area contributed by atoms with Gasteiger partial charge < -0.3 is 0 Å². The van der Waals surface area contributed by atoms with Gasteiger partial charge >= 0.3 is 0 Å². The first kappa shape index (κ1) is 14.9. The minimum atomic E-state index is 0.994. The van der Waals surface area contributed by atoms with Crippen molar-refractivity contribution in [3.8, 4) is 0 Å². The highest BCUT2D eigenvalue weighted by Crippen LogP contribution is 2.33. The van der Waals surface area contributed by atoms with Crippen LogP contribution in [0.3, 0.4) is 0 Å². The highest BCUT2D eigenvalue weighted by molar-refractivity contribution is 5.94. The lowest BCUT2D eigenvalue weighted by Gasteiger charge is -2.16. The molecule has 0 radical (unpaired) electrons. The normalized spacial score (nSPS) is 15.0. The van der Waals surface area contributed by atoms with Gasteiger partial charge in [0.1, 0.15) is 0 Å². The Morgan fingerprint density at radius 1 is 0.542 bits per heavy atom. The zero-order valence-electron chi connectivity index (χ0n) is 13.7. The van der Waals surface area contributed by atoms with Gasteiger partial charge in [0.05, 0.1) is 0 Å². The Morgan fingerprint density at radius 3 is 1.42 bits per heavy atom. The molecule has 0 N–H and O–H groups in total. The molecule has 0 aliphatic carbocycles. The fourth-order valence-electron chi connectivity index (χ4n) is 3.46. The van der Waals surface area contributed by atoms with E-state index in [1.807, 2.05) is 0 Å². The molecule has 1 aliphatic rings. The van der Waals surface area contributed by atoms with E-state index >= 15 is 0 Å². The van der Waals surface area contributed by atoms with E-state index in [9.17, 15) is 0 Å². The molecule has 0 atom stereocenters. The molecule has 24 heavy (non-hydrogen) atoms. The van der Waals surface area contributed by atoms with Gasteiger partial charge in [0.2, 0.25) is 0 Å². The van der Waals surface area contributed by atoms with E-state index < -0.39 is 0 Å². The molecule has 1 heteroatoms. The van der Waals surface area contributed by atoms with Crippen LogP contribution in [-0.4, -0.2) is 18.0 Å². The molecule has 0 saturated carbocycles. The van der Waals surface area contributed by atoms with Crippen molar-refractivity contribution in [1.29, 1.82) is 0 Å². The Hall–Kier alpha value is -2.64. The Labute approximate surface area is 143 Å². The summed E-state index contributed by atoms with van der Waals surface area (Å²) < 4.78 is 0. The second-order valence-corrected chi connectivity index (χ2v) is 6.32. The third-order valence-electron chi connectivity index (χ3n) is 4.62. The highest BCUT2D eigenvalue weighted by Gasteiger charge is 2.23. The predicted octanol–water partition coefficient (Wildman–Crippen LogP) is 5.11. The molecule has 1 aliphatic heterocycles. The van der Waals surface area contributed by atoms with Gasteiger partial charge in [-0.1, -0.05) is 91.0 Å². The van der Waals surface area contributed by atoms with Crippen molar-refractivity contribution in [3.05, 3.63) is 108 Å². The molecule has 118 valence electrons. The van der Waals surface area contributed by atoms with Crippen LogP contribution in [0.2, 0.25) is 0 Å². The van der Waals surface area contributed by atoms with E-state index in [4.69, 9.17) is 0 Å². The van der Waals surface area contributed by atoms with Crippen molar-refractivity contribution in [1.82, 2.24) is 4.90 Å². The van der Waals surface area contributed by atoms with Crippen molar-refractivity contribution in [2.45, 2.75) is 6.54 Å². The third-order valence-corrected chi connectivity index (χ3v) is 4.62. The van der Waals surface area contributed by atoms with E-state index in [1.54, 1.807) is 0 Å². The largest absolute Gasteiger partial charge is 0.291 e. The maximum Gasteiger partial charge on any atom is 0.0250 e. The summed E-state index contributed by atoms with van der Waals surface area (Å²) in [5, 5.41) is 0. The molecular weight excluding hydrogens is 290 g/mol. The molecule has 1 heterocycles. The van der Waals surface area contributed by atoms with Crippen LogP contribution < -0.4 is 0 Å². The highest BCUT2D eigenvalue weighted by atomic mass is 15.1. The smallest absolute Gasteiger partial charge is 0.0250 e. The van der Waals surface area contributed by atoms with Crippen LogP contribution in [0.4, 0.5) is 0 Å². The lowest BCUT2D eigenvalue weighted by Crippen LogP contribution is -2.20. The molecule has 3 aromatic carbocycles. The Balaban J connectivity index is 1.66. The summed E-state index contributed by atoms with van der Waals surface area (Å²) >= 11 is 0. The summed E-state index contributed by atoms with van der Waals surface area (Å²) in [6, 6.07) is 32.3. The van der Waals surface area contributed by atoms with Gasteiger partial charge in [0, 0.05) is 19.6 Å². The first-order valence-corrected chi connectivity index (χ1v) is 8.49. The number of hydrogen-bond donors (Lipinski definition) is 0. The summed E-state index contributed by atoms with van der Waals surface area (Å²) in [6.07, 6.45) is 0. The van der Waals surface area contributed by atoms with E-state index in [-0.39, 0.29) is 0 Å². The minimum Gasteiger partial charge on any atom is -0.291 e. The molecule has 0 spiro atoms. The van der Waals surface area contributed by atoms with E-state index in [0.717, 1.165) is 19.6 Å². The van der Waals surface area contributed by atoms with Crippen LogP contribution in [-0.2, 0) is 6.54 Å². The maximum atomic E-state index is 2.53. The van der Waals surface area contributed by atoms with Gasteiger partial charge in [-0.2, -0.15) is 0 Å². The molecule has 1 nitrogen and oxygen atoms in total. The second-order valence-electron chi connectivity index (χ2n) is 6.32. The van der Waals surface area contributed by atoms with Crippen LogP contribution in [0, 0.1) is 0 Å². The van der Waals surface area contributed by atoms with Gasteiger partial charge in [-0.05, 0) is 27.8 Å². The van der Waals surface area contributed by atoms with Crippen molar-refractivity contribution in [2.75, 3.05) is 13.1 Å². The van der Waals surface area contributed by atoms with Crippen molar-refractivity contribution >= 4 is 11.1 Å². The van der Waals surface area contributed by atoms with Crippen molar-refractivity contribution in [2.24, 2.45) is 0 Å². The van der Waals surface area contributed by atoms with Crippen LogP contribution in [0.25, 0.3) is 11.1 Å². The molecule has 0 amide bonds. The topological polar surface area (TPSA) is 3.24 Å². The second kappa shape index (κ2) is 6.86. The fraction of sp³-hybridized carbons (Fsp3) is 0.130. The fourth-order valence-corrected chi connectivity index (χ4v) is 3.46. The predicted molar refractivity (Wildman–Crippen MR) is 101 cm³/mol. The standard InChI is InChI=1S/C23H21N/c1-4-10-19(11-5-1)16-24-17-22(20-12-6-2-7-13-20)23(18-24)21-14-8-3-9-15-21/h1-15H,16-18H2. The van der Waals surface area contributed by atoms with Gasteiger partial charge in [-0.25, -0.2) is 0 Å². The molecule has 0 unspecified atom stereocenters. The zero-order valence-corrected chi connectivity index (χ0v) is 13.7. The monoisotopic (exact) mass is 311 g/mol. The summed E-state index contributed by atoms with van der Waals surface area (Å²) in [4.78, 5) is 2.53. The van der Waals surface area contributed by atoms with Crippen molar-refractivity contribution < 1.29 is 0 Å². The number of nitrogens with zero attached hydrogens (tertiary/aromatic N) is 1. The van der Waals surface area contributed by atoms with Crippen molar-refractivity contribution in [3.63, 3.8) is 0 Å². The molecular formula is C23H21N. The zero-order chi connectivity index (χ0) is 16.2. The molecule has 3 aromatic rings. The SMILES string of the molecule is c1ccc(CN2CC(c3ccccc3)=C(c3ccccc3)C2)cc1. The Morgan fingerprint density at radius 2 is 0.958 bits per heavy atom. The van der Waals surface area contributed by atoms with Gasteiger partial charge in [-0.15, -0.1) is 0 Å². The first-order valence-electron chi connectivity index (χ1n) is 8.49. The first-order chi connectivity index (χ1) is 11.9. The van der Waals surface area contributed by atoms with Crippen LogP contribution in [0.5, 0.6) is 0 Å². The summed E-state index contributed by atoms with van der Waals surface area (Å²) in [5.41, 5.74) is 6.97. The maximum absolute atomic E-state index is 2.53. The minimum absolute atomic E-state index is 0.994. The third kappa shape index (κ3) is 3.17. The lowest BCUT2D eigenvalue weighted by molar-refractivity contribution is 0.351. The van der Waals surface area contributed by atoms with Crippen LogP contribution in [0.15, 0.2) is 91.0 Å². The summed E-state index contributed by atoms with van der Waals surface area (Å²) in [7, 11) is 0. The molecule has 0 fully saturated rings. The number of hydrogen-bond acceptors (Lipinski definition) is 1. The molecule has 0 saturated heterocycles. The van der Waals surface area contributed by atoms with Gasteiger partial charge in [-0.3, -0.25) is 4.90 Å². The number of rotatable bonds is 4. The van der Waals surface area contributed by atoms with Gasteiger partial charge in [0.25, 0.3) is 0 Å². The average Bonchev–Trinajstić information content (AvgIpc) is 3.08. The molecule has 4 rings (SSSR count). The van der Waals surface area contributed by atoms with E-state index in [0.29, 0.717) is 0 Å². The average molecular weight is 311 g/mol. The Kier molecular flexibility index (Phi) is 4.26. The summed E-state index contributed by atoms with van der Waals surface area (Å²) in [5.74, 6) is 0. The number of benzene rings is 3. The molecule has 0 bridgehead atoms. The summed E-state index contributed by atoms with van der Waals surface area (Å²) in [6.45, 7) is 3.00. The molecule has 0 aromatic heterocycles. The quantitative estimate of drug-likeness (QED) is 0.647. The van der Waals surface area contributed by atoms with Crippen LogP contribution in [0.1, 0.15) is 16.7 Å². The van der Waals surface area contributed by atoms with Crippen LogP contribution >= 0.6 is 0 Å². The van der Waals surface area contributed by atoms with Gasteiger partial charge in [0.15, 0.2) is 0 Å².